The first-order chi connectivity index (χ1) is 9.49. The summed E-state index contributed by atoms with van der Waals surface area (Å²) in [6.45, 7) is 6.70. The van der Waals surface area contributed by atoms with Gasteiger partial charge >= 0.3 is 0 Å². The molecule has 1 amide bonds. The Morgan fingerprint density at radius 2 is 1.85 bits per heavy atom. The summed E-state index contributed by atoms with van der Waals surface area (Å²) >= 11 is 0. The number of amides is 1. The lowest BCUT2D eigenvalue weighted by atomic mass is 9.97. The first-order valence-corrected chi connectivity index (χ1v) is 7.30. The topological polar surface area (TPSA) is 23.6 Å². The summed E-state index contributed by atoms with van der Waals surface area (Å²) in [4.78, 5) is 15.3. The Kier molecular flexibility index (Phi) is 3.19. The second-order valence-corrected chi connectivity index (χ2v) is 6.22. The highest BCUT2D eigenvalue weighted by Gasteiger charge is 2.41. The first kappa shape index (κ1) is 13.4. The molecule has 2 aliphatic rings. The second-order valence-electron chi connectivity index (χ2n) is 6.22. The summed E-state index contributed by atoms with van der Waals surface area (Å²) in [5.41, 5.74) is 1.85. The van der Waals surface area contributed by atoms with E-state index in [1.165, 1.54) is 0 Å². The maximum absolute atomic E-state index is 14.3. The van der Waals surface area contributed by atoms with Crippen molar-refractivity contribution in [2.45, 2.75) is 32.1 Å². The minimum atomic E-state index is -0.0866. The van der Waals surface area contributed by atoms with E-state index in [1.54, 1.807) is 13.0 Å². The Labute approximate surface area is 119 Å². The zero-order valence-corrected chi connectivity index (χ0v) is 12.2. The third-order valence-electron chi connectivity index (χ3n) is 4.69. The lowest BCUT2D eigenvalue weighted by Crippen LogP contribution is -2.48. The van der Waals surface area contributed by atoms with Gasteiger partial charge in [-0.05, 0) is 36.0 Å². The van der Waals surface area contributed by atoms with Gasteiger partial charge in [0.2, 0.25) is 5.91 Å². The third-order valence-corrected chi connectivity index (χ3v) is 4.69. The van der Waals surface area contributed by atoms with E-state index in [1.807, 2.05) is 17.0 Å². The van der Waals surface area contributed by atoms with Gasteiger partial charge in [-0.3, -0.25) is 4.79 Å². The van der Waals surface area contributed by atoms with Crippen molar-refractivity contribution in [3.63, 3.8) is 0 Å². The number of hydrogen-bond donors (Lipinski definition) is 0. The number of piperazine rings is 1. The van der Waals surface area contributed by atoms with Gasteiger partial charge in [0.05, 0.1) is 0 Å². The fourth-order valence-corrected chi connectivity index (χ4v) is 2.93. The number of hydrogen-bond acceptors (Lipinski definition) is 2. The Morgan fingerprint density at radius 3 is 2.35 bits per heavy atom. The van der Waals surface area contributed by atoms with Gasteiger partial charge in [-0.15, -0.1) is 0 Å². The Morgan fingerprint density at radius 1 is 1.20 bits per heavy atom. The molecule has 2 fully saturated rings. The Balaban J connectivity index is 1.72. The molecule has 3 rings (SSSR count). The van der Waals surface area contributed by atoms with Gasteiger partial charge in [-0.1, -0.05) is 13.0 Å². The molecular formula is C16H21FN2O. The molecule has 1 heterocycles. The van der Waals surface area contributed by atoms with Crippen LogP contribution in [-0.2, 0) is 10.2 Å². The molecule has 0 atom stereocenters. The van der Waals surface area contributed by atoms with Crippen LogP contribution in [0.15, 0.2) is 18.2 Å². The van der Waals surface area contributed by atoms with Gasteiger partial charge in [0.15, 0.2) is 0 Å². The molecule has 0 N–H and O–H groups in total. The smallest absolute Gasteiger partial charge is 0.219 e. The predicted molar refractivity (Wildman–Crippen MR) is 77.5 cm³/mol. The predicted octanol–water partition coefficient (Wildman–Crippen LogP) is 2.55. The molecule has 108 valence electrons. The maximum Gasteiger partial charge on any atom is 0.219 e. The molecule has 0 unspecified atom stereocenters. The highest BCUT2D eigenvalue weighted by atomic mass is 19.1. The van der Waals surface area contributed by atoms with E-state index >= 15 is 0 Å². The Bertz CT molecular complexity index is 531. The largest absolute Gasteiger partial charge is 0.368 e. The molecular weight excluding hydrogens is 255 g/mol. The van der Waals surface area contributed by atoms with E-state index in [0.29, 0.717) is 0 Å². The third kappa shape index (κ3) is 2.39. The monoisotopic (exact) mass is 276 g/mol. The molecule has 0 bridgehead atoms. The first-order valence-electron chi connectivity index (χ1n) is 7.30. The van der Waals surface area contributed by atoms with E-state index < -0.39 is 0 Å². The van der Waals surface area contributed by atoms with E-state index in [0.717, 1.165) is 50.3 Å². The summed E-state index contributed by atoms with van der Waals surface area (Å²) in [5.74, 6) is 0.0318. The minimum Gasteiger partial charge on any atom is -0.368 e. The minimum absolute atomic E-state index is 0.0654. The average molecular weight is 276 g/mol. The van der Waals surface area contributed by atoms with Crippen LogP contribution < -0.4 is 4.90 Å². The fourth-order valence-electron chi connectivity index (χ4n) is 2.93. The van der Waals surface area contributed by atoms with Gasteiger partial charge in [-0.25, -0.2) is 4.39 Å². The van der Waals surface area contributed by atoms with Crippen molar-refractivity contribution in [1.82, 2.24) is 4.90 Å². The van der Waals surface area contributed by atoms with Crippen molar-refractivity contribution < 1.29 is 9.18 Å². The van der Waals surface area contributed by atoms with Crippen LogP contribution in [0.1, 0.15) is 32.3 Å². The molecule has 1 aromatic carbocycles. The normalized spacial score (nSPS) is 20.9. The fraction of sp³-hybridized carbons (Fsp3) is 0.562. The molecule has 20 heavy (non-hydrogen) atoms. The molecule has 0 aromatic heterocycles. The van der Waals surface area contributed by atoms with Crippen molar-refractivity contribution in [3.05, 3.63) is 29.6 Å². The lowest BCUT2D eigenvalue weighted by Gasteiger charge is -2.35. The second kappa shape index (κ2) is 4.76. The van der Waals surface area contributed by atoms with E-state index in [9.17, 15) is 9.18 Å². The van der Waals surface area contributed by atoms with Gasteiger partial charge in [0, 0.05) is 38.8 Å². The quantitative estimate of drug-likeness (QED) is 0.829. The van der Waals surface area contributed by atoms with Crippen LogP contribution >= 0.6 is 0 Å². The molecule has 0 radical (unpaired) electrons. The van der Waals surface area contributed by atoms with Crippen molar-refractivity contribution in [2.24, 2.45) is 0 Å². The number of anilines is 1. The van der Waals surface area contributed by atoms with Gasteiger partial charge in [0.1, 0.15) is 5.82 Å². The van der Waals surface area contributed by atoms with Crippen molar-refractivity contribution >= 4 is 11.6 Å². The molecule has 1 saturated heterocycles. The van der Waals surface area contributed by atoms with Gasteiger partial charge in [-0.2, -0.15) is 0 Å². The molecule has 1 aromatic rings. The number of rotatable bonds is 2. The molecule has 0 spiro atoms. The summed E-state index contributed by atoms with van der Waals surface area (Å²) in [6, 6.07) is 5.61. The van der Waals surface area contributed by atoms with Crippen molar-refractivity contribution in [2.75, 3.05) is 31.1 Å². The van der Waals surface area contributed by atoms with Crippen molar-refractivity contribution in [3.8, 4) is 0 Å². The zero-order valence-electron chi connectivity index (χ0n) is 12.2. The van der Waals surface area contributed by atoms with Crippen LogP contribution in [0.4, 0.5) is 10.1 Å². The number of nitrogens with zero attached hydrogens (tertiary/aromatic N) is 2. The summed E-state index contributed by atoms with van der Waals surface area (Å²) in [6.07, 6.45) is 2.17. The van der Waals surface area contributed by atoms with Crippen LogP contribution in [0, 0.1) is 5.82 Å². The molecule has 1 aliphatic heterocycles. The lowest BCUT2D eigenvalue weighted by molar-refractivity contribution is -0.129. The number of halogens is 1. The van der Waals surface area contributed by atoms with Crippen LogP contribution in [0.5, 0.6) is 0 Å². The summed E-state index contributed by atoms with van der Waals surface area (Å²) in [7, 11) is 0. The van der Waals surface area contributed by atoms with Crippen molar-refractivity contribution in [1.29, 1.82) is 0 Å². The summed E-state index contributed by atoms with van der Waals surface area (Å²) < 4.78 is 14.3. The van der Waals surface area contributed by atoms with E-state index in [4.69, 9.17) is 0 Å². The average Bonchev–Trinajstić information content (AvgIpc) is 3.17. The Hall–Kier alpha value is -1.58. The maximum atomic E-state index is 14.3. The van der Waals surface area contributed by atoms with Crippen LogP contribution in [-0.4, -0.2) is 37.0 Å². The van der Waals surface area contributed by atoms with Gasteiger partial charge < -0.3 is 9.80 Å². The van der Waals surface area contributed by atoms with Crippen LogP contribution in [0.3, 0.4) is 0 Å². The molecule has 1 saturated carbocycles. The molecule has 1 aliphatic carbocycles. The van der Waals surface area contributed by atoms with E-state index in [-0.39, 0.29) is 17.1 Å². The molecule has 4 heteroatoms. The molecule has 3 nitrogen and oxygen atoms in total. The standard InChI is InChI=1S/C16H21FN2O/c1-12(20)18-7-9-19(10-8-18)13-3-4-14(15(17)11-13)16(2)5-6-16/h3-4,11H,5-10H2,1-2H3. The van der Waals surface area contributed by atoms with Gasteiger partial charge in [0.25, 0.3) is 0 Å². The zero-order chi connectivity index (χ0) is 14.3. The SMILES string of the molecule is CC(=O)N1CCN(c2ccc(C3(C)CC3)c(F)c2)CC1. The van der Waals surface area contributed by atoms with Crippen LogP contribution in [0.25, 0.3) is 0 Å². The number of benzene rings is 1. The highest BCUT2D eigenvalue weighted by molar-refractivity contribution is 5.73. The number of carbonyl (C=O) groups excluding carboxylic acids is 1. The summed E-state index contributed by atoms with van der Waals surface area (Å²) in [5, 5.41) is 0. The van der Waals surface area contributed by atoms with Crippen LogP contribution in [0.2, 0.25) is 0 Å². The van der Waals surface area contributed by atoms with E-state index in [2.05, 4.69) is 11.8 Å². The highest BCUT2D eigenvalue weighted by Crippen LogP contribution is 2.48. The number of carbonyl (C=O) groups is 1.